The van der Waals surface area contributed by atoms with Gasteiger partial charge in [-0.05, 0) is 152 Å². The van der Waals surface area contributed by atoms with Crippen molar-refractivity contribution in [1.29, 1.82) is 0 Å². The molecule has 0 aliphatic rings. The Hall–Kier alpha value is -9.70. The molecule has 0 amide bonds. The van der Waals surface area contributed by atoms with Gasteiger partial charge in [-0.3, -0.25) is 9.97 Å². The molecule has 0 fully saturated rings. The van der Waals surface area contributed by atoms with E-state index in [-0.39, 0.29) is 0 Å². The van der Waals surface area contributed by atoms with Crippen LogP contribution in [-0.2, 0) is 0 Å². The van der Waals surface area contributed by atoms with Gasteiger partial charge in [0, 0.05) is 40.5 Å². The number of nitrogens with zero attached hydrogens (tertiary/aromatic N) is 3. The molecule has 0 unspecified atom stereocenters. The normalized spacial score (nSPS) is 11.1. The van der Waals surface area contributed by atoms with Gasteiger partial charge in [0.25, 0.3) is 0 Å². The molecule has 0 N–H and O–H groups in total. The Labute approximate surface area is 440 Å². The third kappa shape index (κ3) is 9.83. The van der Waals surface area contributed by atoms with Crippen LogP contribution in [0.1, 0.15) is 11.1 Å². The highest BCUT2D eigenvalue weighted by atomic mass is 15.1. The Morgan fingerprint density at radius 2 is 0.533 bits per heavy atom. The second kappa shape index (κ2) is 20.8. The molecule has 2 aromatic heterocycles. The zero-order valence-electron chi connectivity index (χ0n) is 42.0. The molecule has 0 saturated carbocycles. The third-order valence-corrected chi connectivity index (χ3v) is 14.2. The number of hydrogen-bond donors (Lipinski definition) is 0. The molecule has 0 bridgehead atoms. The van der Waals surface area contributed by atoms with E-state index in [9.17, 15) is 0 Å². The van der Waals surface area contributed by atoms with Crippen LogP contribution in [0.4, 0.5) is 17.1 Å². The molecule has 0 aliphatic carbocycles. The first-order valence-corrected chi connectivity index (χ1v) is 25.6. The monoisotopic (exact) mass is 959 g/mol. The van der Waals surface area contributed by atoms with E-state index in [1.54, 1.807) is 0 Å². The van der Waals surface area contributed by atoms with Crippen LogP contribution in [0.25, 0.3) is 100 Å². The number of aromatic nitrogens is 2. The number of rotatable bonds is 12. The first-order valence-electron chi connectivity index (χ1n) is 25.6. The lowest BCUT2D eigenvalue weighted by Gasteiger charge is -2.30. The Morgan fingerprint density at radius 3 is 0.933 bits per heavy atom. The van der Waals surface area contributed by atoms with Crippen molar-refractivity contribution in [1.82, 2.24) is 9.97 Å². The molecule has 0 radical (unpaired) electrons. The summed E-state index contributed by atoms with van der Waals surface area (Å²) in [6, 6.07) is 98.1. The van der Waals surface area contributed by atoms with Gasteiger partial charge in [0.05, 0.1) is 17.1 Å². The van der Waals surface area contributed by atoms with E-state index >= 15 is 0 Å². The summed E-state index contributed by atoms with van der Waals surface area (Å²) in [5, 5.41) is 0. The Balaban J connectivity index is 1.05. The lowest BCUT2D eigenvalue weighted by Crippen LogP contribution is -2.12. The molecule has 3 nitrogen and oxygen atoms in total. The fraction of sp³-hybridized carbons (Fsp3) is 0.0278. The van der Waals surface area contributed by atoms with Gasteiger partial charge in [-0.25, -0.2) is 0 Å². The van der Waals surface area contributed by atoms with E-state index in [1.165, 1.54) is 22.3 Å². The van der Waals surface area contributed by atoms with Crippen molar-refractivity contribution < 1.29 is 0 Å². The minimum absolute atomic E-state index is 0.893. The lowest BCUT2D eigenvalue weighted by atomic mass is 9.94. The number of para-hydroxylation sites is 1. The van der Waals surface area contributed by atoms with Crippen molar-refractivity contribution in [2.24, 2.45) is 0 Å². The molecule has 0 saturated heterocycles. The summed E-state index contributed by atoms with van der Waals surface area (Å²) in [6.07, 6.45) is 4.03. The minimum Gasteiger partial charge on any atom is -0.310 e. The van der Waals surface area contributed by atoms with Crippen LogP contribution in [0.15, 0.2) is 285 Å². The highest BCUT2D eigenvalue weighted by Gasteiger charge is 2.22. The molecular weight excluding hydrogens is 907 g/mol. The molecule has 0 aliphatic heterocycles. The first kappa shape index (κ1) is 46.4. The van der Waals surface area contributed by atoms with Crippen molar-refractivity contribution in [3.05, 3.63) is 297 Å². The van der Waals surface area contributed by atoms with E-state index in [2.05, 4.69) is 292 Å². The van der Waals surface area contributed by atoms with Crippen LogP contribution < -0.4 is 4.90 Å². The van der Waals surface area contributed by atoms with E-state index in [0.717, 1.165) is 106 Å². The van der Waals surface area contributed by atoms with Gasteiger partial charge in [0.2, 0.25) is 0 Å². The third-order valence-electron chi connectivity index (χ3n) is 14.2. The van der Waals surface area contributed by atoms with Crippen molar-refractivity contribution in [2.75, 3.05) is 4.90 Å². The van der Waals surface area contributed by atoms with E-state index < -0.39 is 0 Å². The van der Waals surface area contributed by atoms with E-state index in [1.807, 2.05) is 12.4 Å². The summed E-state index contributed by atoms with van der Waals surface area (Å²) in [6.45, 7) is 4.30. The van der Waals surface area contributed by atoms with Crippen LogP contribution in [0.5, 0.6) is 0 Å². The molecule has 12 aromatic rings. The molecule has 0 spiro atoms. The molecule has 75 heavy (non-hydrogen) atoms. The van der Waals surface area contributed by atoms with Crippen LogP contribution in [0, 0.1) is 13.8 Å². The predicted molar refractivity (Wildman–Crippen MR) is 315 cm³/mol. The Bertz CT molecular complexity index is 3690. The second-order valence-electron chi connectivity index (χ2n) is 19.1. The molecule has 356 valence electrons. The largest absolute Gasteiger partial charge is 0.310 e. The first-order chi connectivity index (χ1) is 37.0. The number of benzene rings is 10. The van der Waals surface area contributed by atoms with Gasteiger partial charge in [-0.2, -0.15) is 0 Å². The fourth-order valence-corrected chi connectivity index (χ4v) is 10.3. The van der Waals surface area contributed by atoms with Gasteiger partial charge >= 0.3 is 0 Å². The van der Waals surface area contributed by atoms with Gasteiger partial charge in [0.1, 0.15) is 0 Å². The van der Waals surface area contributed by atoms with Crippen molar-refractivity contribution in [3.8, 4) is 100 Å². The Morgan fingerprint density at radius 1 is 0.240 bits per heavy atom. The second-order valence-corrected chi connectivity index (χ2v) is 19.1. The fourth-order valence-electron chi connectivity index (χ4n) is 10.3. The van der Waals surface area contributed by atoms with E-state index in [0.29, 0.717) is 0 Å². The zero-order chi connectivity index (χ0) is 50.5. The molecule has 3 heteroatoms. The number of aryl methyl sites for hydroxylation is 2. The quantitative estimate of drug-likeness (QED) is 0.122. The summed E-state index contributed by atoms with van der Waals surface area (Å²) in [5.41, 5.74) is 25.1. The predicted octanol–water partition coefficient (Wildman–Crippen LogP) is 19.6. The van der Waals surface area contributed by atoms with E-state index in [4.69, 9.17) is 9.97 Å². The Kier molecular flexibility index (Phi) is 12.9. The maximum atomic E-state index is 5.19. The summed E-state index contributed by atoms with van der Waals surface area (Å²) in [5.74, 6) is 0. The van der Waals surface area contributed by atoms with Crippen LogP contribution >= 0.6 is 0 Å². The lowest BCUT2D eigenvalue weighted by molar-refractivity contribution is 1.25. The van der Waals surface area contributed by atoms with Crippen LogP contribution in [0.3, 0.4) is 0 Å². The average molecular weight is 960 g/mol. The van der Waals surface area contributed by atoms with Crippen molar-refractivity contribution >= 4 is 17.1 Å². The maximum absolute atomic E-state index is 5.19. The maximum Gasteiger partial charge on any atom is 0.0709 e. The van der Waals surface area contributed by atoms with Crippen LogP contribution in [-0.4, -0.2) is 9.97 Å². The standard InChI is InChI=1S/C72H53N3/c1-50-48-73-70(46-68(50)59-36-32-56(33-37-59)52-20-8-3-9-21-52)63-40-61(54-24-12-5-13-25-54)42-65(44-63)75(72-31-19-18-30-67(72)58-28-16-7-17-29-58)66-43-62(55-26-14-6-15-27-55)41-64(45-66)71-47-69(51(2)49-74-71)60-38-34-57(35-39-60)53-22-10-4-11-23-53/h3-49H,1-2H3. The number of anilines is 3. The van der Waals surface area contributed by atoms with Gasteiger partial charge < -0.3 is 4.90 Å². The number of pyridine rings is 2. The SMILES string of the molecule is Cc1cnc(-c2cc(-c3ccccc3)cc(N(c3cc(-c4ccccc4)cc(-c4cc(-c5ccc(-c6ccccc6)cc5)c(C)cn4)c3)c3ccccc3-c3ccccc3)c2)cc1-c1ccc(-c2ccccc2)cc1. The zero-order valence-corrected chi connectivity index (χ0v) is 42.0. The molecule has 10 aromatic carbocycles. The smallest absolute Gasteiger partial charge is 0.0709 e. The summed E-state index contributed by atoms with van der Waals surface area (Å²) in [7, 11) is 0. The molecule has 0 atom stereocenters. The molecular formula is C72H53N3. The highest BCUT2D eigenvalue weighted by molar-refractivity contribution is 5.93. The molecule has 12 rings (SSSR count). The topological polar surface area (TPSA) is 29.0 Å². The van der Waals surface area contributed by atoms with Crippen molar-refractivity contribution in [2.45, 2.75) is 13.8 Å². The highest BCUT2D eigenvalue weighted by Crippen LogP contribution is 2.46. The van der Waals surface area contributed by atoms with Gasteiger partial charge in [-0.1, -0.05) is 218 Å². The van der Waals surface area contributed by atoms with Crippen molar-refractivity contribution in [3.63, 3.8) is 0 Å². The summed E-state index contributed by atoms with van der Waals surface area (Å²) < 4.78 is 0. The molecule has 2 heterocycles. The van der Waals surface area contributed by atoms with Gasteiger partial charge in [0.15, 0.2) is 0 Å². The summed E-state index contributed by atoms with van der Waals surface area (Å²) >= 11 is 0. The number of hydrogen-bond acceptors (Lipinski definition) is 3. The minimum atomic E-state index is 0.893. The van der Waals surface area contributed by atoms with Crippen LogP contribution in [0.2, 0.25) is 0 Å². The van der Waals surface area contributed by atoms with Gasteiger partial charge in [-0.15, -0.1) is 0 Å². The average Bonchev–Trinajstić information content (AvgIpc) is 3.49. The summed E-state index contributed by atoms with van der Waals surface area (Å²) in [4.78, 5) is 12.8.